The van der Waals surface area contributed by atoms with Crippen molar-refractivity contribution in [3.8, 4) is 5.75 Å². The van der Waals surface area contributed by atoms with Crippen molar-refractivity contribution in [3.63, 3.8) is 0 Å². The summed E-state index contributed by atoms with van der Waals surface area (Å²) in [6.45, 7) is 0.417. The Bertz CT molecular complexity index is 1020. The second kappa shape index (κ2) is 7.48. The van der Waals surface area contributed by atoms with Gasteiger partial charge in [0, 0.05) is 30.3 Å². The van der Waals surface area contributed by atoms with Crippen LogP contribution in [0.2, 0.25) is 0 Å². The first kappa shape index (κ1) is 17.7. The minimum Gasteiger partial charge on any atom is -0.491 e. The van der Waals surface area contributed by atoms with Crippen LogP contribution in [0.4, 0.5) is 5.82 Å². The molecule has 0 unspecified atom stereocenters. The highest BCUT2D eigenvalue weighted by atomic mass is 16.5. The van der Waals surface area contributed by atoms with Crippen LogP contribution < -0.4 is 15.4 Å². The van der Waals surface area contributed by atoms with E-state index in [1.807, 2.05) is 30.3 Å². The zero-order chi connectivity index (χ0) is 19.5. The summed E-state index contributed by atoms with van der Waals surface area (Å²) in [6.07, 6.45) is 2.90. The van der Waals surface area contributed by atoms with E-state index in [0.717, 1.165) is 11.1 Å². The van der Waals surface area contributed by atoms with Gasteiger partial charge < -0.3 is 15.4 Å². The maximum Gasteiger partial charge on any atom is 0.256 e. The normalized spacial score (nSPS) is 14.7. The number of fused-ring (bicyclic) bond motifs is 1. The van der Waals surface area contributed by atoms with Gasteiger partial charge in [-0.1, -0.05) is 30.3 Å². The Kier molecular flexibility index (Phi) is 4.72. The number of hydrogen-bond donors (Lipinski definition) is 2. The van der Waals surface area contributed by atoms with Gasteiger partial charge >= 0.3 is 0 Å². The highest BCUT2D eigenvalue weighted by molar-refractivity contribution is 6.07. The van der Waals surface area contributed by atoms with Gasteiger partial charge in [-0.05, 0) is 23.8 Å². The number of aromatic nitrogens is 2. The fraction of sp³-hybridized carbons (Fsp3) is 0.143. The Morgan fingerprint density at radius 1 is 1.11 bits per heavy atom. The molecule has 0 bridgehead atoms. The number of hydrogen-bond acceptors (Lipinski definition) is 5. The lowest BCUT2D eigenvalue weighted by atomic mass is 9.90. The van der Waals surface area contributed by atoms with E-state index in [2.05, 4.69) is 20.6 Å². The number of nitrogens with one attached hydrogen (secondary N) is 2. The molecule has 140 valence electrons. The van der Waals surface area contributed by atoms with Crippen molar-refractivity contribution >= 4 is 17.6 Å². The third-order valence-electron chi connectivity index (χ3n) is 4.65. The number of carbonyl (C=O) groups excluding carboxylic acids is 2. The zero-order valence-corrected chi connectivity index (χ0v) is 15.2. The summed E-state index contributed by atoms with van der Waals surface area (Å²) in [5.41, 5.74) is 2.59. The Balaban J connectivity index is 1.76. The summed E-state index contributed by atoms with van der Waals surface area (Å²) in [5.74, 6) is 0.197. The maximum absolute atomic E-state index is 12.8. The van der Waals surface area contributed by atoms with Crippen LogP contribution in [0.3, 0.4) is 0 Å². The lowest BCUT2D eigenvalue weighted by Crippen LogP contribution is -2.20. The smallest absolute Gasteiger partial charge is 0.256 e. The molecule has 0 saturated carbocycles. The van der Waals surface area contributed by atoms with Gasteiger partial charge in [-0.15, -0.1) is 0 Å². The first-order valence-electron chi connectivity index (χ1n) is 8.82. The molecule has 2 N–H and O–H groups in total. The summed E-state index contributed by atoms with van der Waals surface area (Å²) in [6, 6.07) is 14.8. The lowest BCUT2D eigenvalue weighted by molar-refractivity contribution is 0.0960. The Morgan fingerprint density at radius 2 is 1.93 bits per heavy atom. The summed E-state index contributed by atoms with van der Waals surface area (Å²) >= 11 is 0. The van der Waals surface area contributed by atoms with Crippen molar-refractivity contribution in [1.82, 2.24) is 15.3 Å². The minimum atomic E-state index is -0.356. The molecule has 1 atom stereocenters. The highest BCUT2D eigenvalue weighted by Gasteiger charge is 2.31. The third kappa shape index (κ3) is 3.29. The maximum atomic E-state index is 12.8. The van der Waals surface area contributed by atoms with Gasteiger partial charge in [-0.2, -0.15) is 0 Å². The molecule has 0 aliphatic carbocycles. The van der Waals surface area contributed by atoms with Gasteiger partial charge in [0.15, 0.2) is 0 Å². The molecule has 0 saturated heterocycles. The van der Waals surface area contributed by atoms with E-state index >= 15 is 0 Å². The van der Waals surface area contributed by atoms with Crippen molar-refractivity contribution in [2.24, 2.45) is 0 Å². The fourth-order valence-corrected chi connectivity index (χ4v) is 3.28. The summed E-state index contributed by atoms with van der Waals surface area (Å²) in [7, 11) is 1.55. The molecule has 1 aliphatic rings. The van der Waals surface area contributed by atoms with Crippen LogP contribution in [0.5, 0.6) is 5.75 Å². The molecule has 0 radical (unpaired) electrons. The van der Waals surface area contributed by atoms with Gasteiger partial charge in [0.05, 0.1) is 12.2 Å². The largest absolute Gasteiger partial charge is 0.491 e. The van der Waals surface area contributed by atoms with Crippen LogP contribution >= 0.6 is 0 Å². The number of benzene rings is 2. The van der Waals surface area contributed by atoms with Crippen LogP contribution in [0.15, 0.2) is 61.1 Å². The fourth-order valence-electron chi connectivity index (χ4n) is 3.28. The molecule has 7 heteroatoms. The Hall–Kier alpha value is -3.74. The molecule has 2 aromatic carbocycles. The molecule has 0 spiro atoms. The monoisotopic (exact) mass is 374 g/mol. The number of ether oxygens (including phenoxy) is 1. The van der Waals surface area contributed by atoms with E-state index in [-0.39, 0.29) is 17.7 Å². The van der Waals surface area contributed by atoms with Gasteiger partial charge in [0.2, 0.25) is 0 Å². The van der Waals surface area contributed by atoms with E-state index in [1.165, 1.54) is 6.33 Å². The summed E-state index contributed by atoms with van der Waals surface area (Å²) in [5, 5.41) is 5.34. The molecular weight excluding hydrogens is 356 g/mol. The molecule has 28 heavy (non-hydrogen) atoms. The van der Waals surface area contributed by atoms with Gasteiger partial charge in [0.25, 0.3) is 11.8 Å². The number of amides is 2. The van der Waals surface area contributed by atoms with Crippen LogP contribution in [0.25, 0.3) is 0 Å². The molecular formula is C21H18N4O3. The second-order valence-corrected chi connectivity index (χ2v) is 6.34. The van der Waals surface area contributed by atoms with Crippen molar-refractivity contribution < 1.29 is 14.3 Å². The van der Waals surface area contributed by atoms with Crippen LogP contribution in [0.1, 0.15) is 37.8 Å². The zero-order valence-electron chi connectivity index (χ0n) is 15.2. The van der Waals surface area contributed by atoms with Crippen molar-refractivity contribution in [3.05, 3.63) is 83.3 Å². The van der Waals surface area contributed by atoms with Crippen molar-refractivity contribution in [2.45, 2.75) is 5.92 Å². The highest BCUT2D eigenvalue weighted by Crippen LogP contribution is 2.41. The number of nitrogens with zero attached hydrogens (tertiary/aromatic N) is 2. The average molecular weight is 374 g/mol. The van der Waals surface area contributed by atoms with Gasteiger partial charge in [-0.25, -0.2) is 9.97 Å². The predicted molar refractivity (Wildman–Crippen MR) is 104 cm³/mol. The second-order valence-electron chi connectivity index (χ2n) is 6.34. The third-order valence-corrected chi connectivity index (χ3v) is 4.65. The van der Waals surface area contributed by atoms with E-state index in [4.69, 9.17) is 4.74 Å². The minimum absolute atomic E-state index is 0.0496. The van der Waals surface area contributed by atoms with E-state index in [1.54, 1.807) is 31.4 Å². The van der Waals surface area contributed by atoms with E-state index in [0.29, 0.717) is 29.3 Å². The van der Waals surface area contributed by atoms with Crippen LogP contribution in [0, 0.1) is 0 Å². The molecule has 1 aromatic heterocycles. The quantitative estimate of drug-likeness (QED) is 0.732. The average Bonchev–Trinajstić information content (AvgIpc) is 3.18. The number of rotatable bonds is 4. The van der Waals surface area contributed by atoms with Crippen LogP contribution in [-0.2, 0) is 0 Å². The van der Waals surface area contributed by atoms with E-state index in [9.17, 15) is 9.59 Å². The molecule has 3 aromatic rings. The molecule has 1 aliphatic heterocycles. The SMILES string of the molecule is CNC(=O)c1cc(C(=O)Nc2ccncn2)cc2c1OC[C@@H]2c1ccccc1. The summed E-state index contributed by atoms with van der Waals surface area (Å²) in [4.78, 5) is 33.0. The molecule has 7 nitrogen and oxygen atoms in total. The van der Waals surface area contributed by atoms with Crippen molar-refractivity contribution in [2.75, 3.05) is 19.0 Å². The van der Waals surface area contributed by atoms with Gasteiger partial charge in [0.1, 0.15) is 17.9 Å². The lowest BCUT2D eigenvalue weighted by Gasteiger charge is -2.13. The molecule has 0 fully saturated rings. The number of carbonyl (C=O) groups is 2. The van der Waals surface area contributed by atoms with E-state index < -0.39 is 0 Å². The Morgan fingerprint density at radius 3 is 2.64 bits per heavy atom. The first-order valence-corrected chi connectivity index (χ1v) is 8.82. The summed E-state index contributed by atoms with van der Waals surface area (Å²) < 4.78 is 5.86. The molecule has 4 rings (SSSR count). The van der Waals surface area contributed by atoms with Crippen LogP contribution in [-0.4, -0.2) is 35.4 Å². The van der Waals surface area contributed by atoms with Crippen molar-refractivity contribution in [1.29, 1.82) is 0 Å². The number of anilines is 1. The first-order chi connectivity index (χ1) is 13.7. The predicted octanol–water partition coefficient (Wildman–Crippen LogP) is 2.61. The standard InChI is InChI=1S/C21H18N4O3/c1-22-21(27)16-10-14(20(26)25-18-7-8-23-12-24-18)9-15-17(11-28-19(15)16)13-5-3-2-4-6-13/h2-10,12,17H,11H2,1H3,(H,22,27)(H,23,24,25,26)/t17-/m1/s1. The van der Waals surface area contributed by atoms with Gasteiger partial charge in [-0.3, -0.25) is 9.59 Å². The molecule has 2 amide bonds. The topological polar surface area (TPSA) is 93.2 Å². The molecule has 2 heterocycles. The Labute approximate surface area is 161 Å².